The number of thiophene rings is 1. The number of nitrogens with zero attached hydrogens (tertiary/aromatic N) is 5. The molecule has 0 fully saturated rings. The molecule has 5 heterocycles. The second-order valence-electron chi connectivity index (χ2n) is 9.00. The van der Waals surface area contributed by atoms with E-state index in [1.54, 1.807) is 17.6 Å². The minimum absolute atomic E-state index is 0. The van der Waals surface area contributed by atoms with Gasteiger partial charge in [0, 0.05) is 51.5 Å². The maximum absolute atomic E-state index is 12.6. The van der Waals surface area contributed by atoms with Crippen molar-refractivity contribution < 1.29 is 52.5 Å². The summed E-state index contributed by atoms with van der Waals surface area (Å²) < 4.78 is 16.7. The van der Waals surface area contributed by atoms with Gasteiger partial charge >= 0.3 is 164 Å². The van der Waals surface area contributed by atoms with Crippen molar-refractivity contribution in [1.82, 2.24) is 28.8 Å². The average Bonchev–Trinajstić information content (AvgIpc) is 3.58. The smallest absolute Gasteiger partial charge is 0.0552 e. The van der Waals surface area contributed by atoms with Crippen LogP contribution in [0.4, 0.5) is 11.6 Å². The van der Waals surface area contributed by atoms with Crippen molar-refractivity contribution in [3.8, 4) is 10.6 Å². The zero-order valence-corrected chi connectivity index (χ0v) is 27.6. The maximum atomic E-state index is 12.6. The molecular formula is C25H27N7OS2UV. The van der Waals surface area contributed by atoms with Gasteiger partial charge in [0.05, 0.1) is 0 Å². The quantitative estimate of drug-likeness (QED) is 0.256. The number of aromatic nitrogens is 5. The first-order chi connectivity index (χ1) is 17.3. The number of nitrogens with one attached hydrogen (secondary N) is 2. The molecule has 4 aromatic heterocycles. The summed E-state index contributed by atoms with van der Waals surface area (Å²) >= 11 is 4.11. The number of H-pyrrole nitrogens is 1. The van der Waals surface area contributed by atoms with Crippen LogP contribution >= 0.6 is 11.3 Å². The fourth-order valence-corrected chi connectivity index (χ4v) is 7.12. The van der Waals surface area contributed by atoms with Crippen LogP contribution in [0.2, 0.25) is 0 Å². The van der Waals surface area contributed by atoms with Crippen molar-refractivity contribution in [2.75, 3.05) is 18.1 Å². The van der Waals surface area contributed by atoms with Gasteiger partial charge in [-0.2, -0.15) is 0 Å². The van der Waals surface area contributed by atoms with Crippen LogP contribution in [0, 0.1) is 38.0 Å². The molecule has 0 amide bonds. The topological polar surface area (TPSA) is 91.7 Å². The number of benzene rings is 1. The van der Waals surface area contributed by atoms with Crippen LogP contribution in [-0.2, 0) is 43.0 Å². The van der Waals surface area contributed by atoms with Gasteiger partial charge in [0.2, 0.25) is 0 Å². The summed E-state index contributed by atoms with van der Waals surface area (Å²) in [4.78, 5) is 19.6. The van der Waals surface area contributed by atoms with Crippen LogP contribution in [0.15, 0.2) is 55.0 Å². The number of aryl methyl sites for hydroxylation is 1. The molecule has 8 nitrogen and oxygen atoms in total. The zero-order chi connectivity index (χ0) is 24.9. The molecule has 5 aromatic rings. The van der Waals surface area contributed by atoms with Crippen molar-refractivity contribution in [2.45, 2.75) is 26.4 Å². The van der Waals surface area contributed by atoms with Crippen LogP contribution in [0.25, 0.3) is 21.6 Å². The van der Waals surface area contributed by atoms with Crippen LogP contribution in [0.3, 0.4) is 0 Å². The third-order valence-corrected chi connectivity index (χ3v) is 10.0. The average molecular weight is 795 g/mol. The Morgan fingerprint density at radius 1 is 1.24 bits per heavy atom. The molecule has 0 bridgehead atoms. The first-order valence-electron chi connectivity index (χ1n) is 11.6. The van der Waals surface area contributed by atoms with Crippen molar-refractivity contribution >= 4 is 41.8 Å². The van der Waals surface area contributed by atoms with Crippen LogP contribution in [0.5, 0.6) is 0 Å². The number of fused-ring (bicyclic) bond motifs is 2. The normalized spacial score (nSPS) is 15.2. The van der Waals surface area contributed by atoms with Crippen LogP contribution in [0.1, 0.15) is 23.3 Å². The third kappa shape index (κ3) is 5.69. The Morgan fingerprint density at radius 2 is 2.05 bits per heavy atom. The Bertz CT molecular complexity index is 1680. The number of rotatable bonds is 6. The second kappa shape index (κ2) is 10.8. The van der Waals surface area contributed by atoms with E-state index in [-0.39, 0.29) is 32.5 Å². The predicted molar refractivity (Wildman–Crippen MR) is 143 cm³/mol. The van der Waals surface area contributed by atoms with E-state index in [1.165, 1.54) is 16.0 Å². The molecule has 0 saturated heterocycles. The minimum atomic E-state index is -2.03. The zero-order valence-electron chi connectivity index (χ0n) is 20.4. The van der Waals surface area contributed by atoms with Gasteiger partial charge in [-0.3, -0.25) is 0 Å². The van der Waals surface area contributed by atoms with Crippen LogP contribution in [-0.4, -0.2) is 45.8 Å². The van der Waals surface area contributed by atoms with Gasteiger partial charge in [0.1, 0.15) is 5.82 Å². The molecule has 37 heavy (non-hydrogen) atoms. The number of hydrogen-bond acceptors (Lipinski definition) is 6. The molecule has 1 unspecified atom stereocenters. The Labute approximate surface area is 253 Å². The van der Waals surface area contributed by atoms with E-state index in [0.29, 0.717) is 12.5 Å². The number of aromatic amines is 1. The van der Waals surface area contributed by atoms with Crippen molar-refractivity contribution in [3.63, 3.8) is 0 Å². The number of hydrogen-bond donors (Lipinski definition) is 2. The first kappa shape index (κ1) is 26.9. The molecule has 0 saturated carbocycles. The molecule has 189 valence electrons. The summed E-state index contributed by atoms with van der Waals surface area (Å²) in [7, 11) is -2.03. The number of anilines is 2. The van der Waals surface area contributed by atoms with Gasteiger partial charge in [-0.1, -0.05) is 12.1 Å². The molecule has 1 atom stereocenters. The van der Waals surface area contributed by atoms with E-state index < -0.39 is 7.77 Å². The molecule has 6 rings (SSSR count). The van der Waals surface area contributed by atoms with Gasteiger partial charge in [0.25, 0.3) is 0 Å². The molecule has 1 aliphatic rings. The van der Waals surface area contributed by atoms with Gasteiger partial charge in [-0.15, -0.1) is 0 Å². The SMILES string of the molecule is Cc1nccn1Cc1ccc(Nc2nc(-c3cc4c(s3)CCN([S](C)(=O)=[V])C4)c3cc[nH]c3n2)cc1.[HH].[U]. The van der Waals surface area contributed by atoms with E-state index in [2.05, 4.69) is 58.1 Å². The Morgan fingerprint density at radius 3 is 2.78 bits per heavy atom. The Kier molecular flexibility index (Phi) is 7.86. The van der Waals surface area contributed by atoms with E-state index in [9.17, 15) is 4.21 Å². The molecule has 0 spiro atoms. The first-order valence-corrected chi connectivity index (χ1v) is 16.0. The second-order valence-corrected chi connectivity index (χ2v) is 15.3. The van der Waals surface area contributed by atoms with Gasteiger partial charge in [-0.05, 0) is 12.5 Å². The predicted octanol–water partition coefficient (Wildman–Crippen LogP) is 4.88. The summed E-state index contributed by atoms with van der Waals surface area (Å²) in [6.45, 7) is 4.30. The van der Waals surface area contributed by atoms with E-state index in [1.807, 2.05) is 43.7 Å². The van der Waals surface area contributed by atoms with E-state index in [4.69, 9.17) is 9.97 Å². The van der Waals surface area contributed by atoms with Gasteiger partial charge in [0.15, 0.2) is 0 Å². The number of imidazole rings is 1. The van der Waals surface area contributed by atoms with E-state index >= 15 is 0 Å². The molecule has 1 aromatic carbocycles. The molecule has 1 aliphatic heterocycles. The minimum Gasteiger partial charge on any atom is -0.0552 e. The Balaban J connectivity index is 0.00000168. The van der Waals surface area contributed by atoms with Crippen molar-refractivity contribution in [2.24, 2.45) is 0 Å². The summed E-state index contributed by atoms with van der Waals surface area (Å²) in [6, 6.07) is 12.5. The van der Waals surface area contributed by atoms with Crippen molar-refractivity contribution in [1.29, 1.82) is 0 Å². The summed E-state index contributed by atoms with van der Waals surface area (Å²) in [5, 5.41) is 4.37. The molecular weight excluding hydrogens is 767 g/mol. The standard InChI is InChI=1S/C25H25N7OS2.U.V.H2/c1-16-26-10-12-31(16)14-17-3-5-19(6-4-17)28-25-29-23(20-7-9-27-24(20)30-25)22-13-18-15-32(35(2)33)11-8-21(18)34-22;;;/h3-7,9-10,12-13H,8,11,14-15H2,1-2H3,(H2,27,28,29,30);;;1H. The van der Waals surface area contributed by atoms with E-state index in [0.717, 1.165) is 52.6 Å². The Hall–Kier alpha value is -1.70. The van der Waals surface area contributed by atoms with Crippen LogP contribution < -0.4 is 5.32 Å². The fraction of sp³-hybridized carbons (Fsp3) is 0.240. The van der Waals surface area contributed by atoms with Crippen molar-refractivity contribution in [3.05, 3.63) is 76.8 Å². The fourth-order valence-electron chi connectivity index (χ4n) is 4.49. The molecule has 12 heteroatoms. The third-order valence-electron chi connectivity index (χ3n) is 6.45. The molecule has 2 N–H and O–H groups in total. The molecule has 0 aliphatic carbocycles. The van der Waals surface area contributed by atoms with Gasteiger partial charge < -0.3 is 4.57 Å². The summed E-state index contributed by atoms with van der Waals surface area (Å²) in [6.07, 6.45) is 8.41. The van der Waals surface area contributed by atoms with Gasteiger partial charge in [-0.25, -0.2) is 4.98 Å². The monoisotopic (exact) mass is 794 g/mol. The summed E-state index contributed by atoms with van der Waals surface area (Å²) in [5.41, 5.74) is 5.07. The molecule has 0 radical (unpaired) electrons. The summed E-state index contributed by atoms with van der Waals surface area (Å²) in [5.74, 6) is 1.55.